The first-order chi connectivity index (χ1) is 13.8. The highest BCUT2D eigenvalue weighted by Gasteiger charge is 2.27. The minimum atomic E-state index is -1.22. The van der Waals surface area contributed by atoms with Crippen molar-refractivity contribution < 1.29 is 28.6 Å². The van der Waals surface area contributed by atoms with E-state index in [9.17, 15) is 23.9 Å². The van der Waals surface area contributed by atoms with Gasteiger partial charge >= 0.3 is 5.97 Å². The average molecular weight is 402 g/mol. The maximum Gasteiger partial charge on any atom is 0.326 e. The van der Waals surface area contributed by atoms with Crippen molar-refractivity contribution >= 4 is 17.8 Å². The smallest absolute Gasteiger partial charge is 0.326 e. The maximum absolute atomic E-state index is 13.1. The van der Waals surface area contributed by atoms with Gasteiger partial charge in [-0.15, -0.1) is 0 Å². The molecule has 0 spiro atoms. The van der Waals surface area contributed by atoms with Gasteiger partial charge in [-0.05, 0) is 29.3 Å². The fourth-order valence-electron chi connectivity index (χ4n) is 2.87. The van der Waals surface area contributed by atoms with Crippen LogP contribution in [0.15, 0.2) is 48.5 Å². The molecule has 0 aromatic heterocycles. The van der Waals surface area contributed by atoms with E-state index in [-0.39, 0.29) is 12.8 Å². The molecule has 0 unspecified atom stereocenters. The van der Waals surface area contributed by atoms with Gasteiger partial charge in [-0.1, -0.05) is 30.3 Å². The van der Waals surface area contributed by atoms with E-state index in [1.807, 2.05) is 0 Å². The first-order valence-electron chi connectivity index (χ1n) is 8.96. The predicted octanol–water partition coefficient (Wildman–Crippen LogP) is 1.69. The normalized spacial score (nSPS) is 12.5. The van der Waals surface area contributed by atoms with Crippen LogP contribution in [0, 0.1) is 5.82 Å². The van der Waals surface area contributed by atoms with Crippen LogP contribution in [-0.4, -0.2) is 42.1 Å². The number of amides is 2. The fraction of sp³-hybridized carbons (Fsp3) is 0.286. The Bertz CT molecular complexity index is 870. The number of aliphatic carboxylic acids is 1. The number of para-hydroxylation sites is 1. The van der Waals surface area contributed by atoms with Gasteiger partial charge in [0.2, 0.25) is 11.8 Å². The summed E-state index contributed by atoms with van der Waals surface area (Å²) in [5.41, 5.74) is 1.24. The number of methoxy groups -OCH3 is 1. The van der Waals surface area contributed by atoms with Gasteiger partial charge in [0.05, 0.1) is 7.11 Å². The summed E-state index contributed by atoms with van der Waals surface area (Å²) in [6.45, 7) is 1.26. The zero-order valence-electron chi connectivity index (χ0n) is 16.1. The van der Waals surface area contributed by atoms with Gasteiger partial charge in [0.15, 0.2) is 0 Å². The first-order valence-corrected chi connectivity index (χ1v) is 8.96. The van der Waals surface area contributed by atoms with Gasteiger partial charge in [-0.25, -0.2) is 9.18 Å². The summed E-state index contributed by atoms with van der Waals surface area (Å²) in [6.07, 6.45) is 0.0983. The Morgan fingerprint density at radius 1 is 1.00 bits per heavy atom. The topological polar surface area (TPSA) is 105 Å². The van der Waals surface area contributed by atoms with Crippen molar-refractivity contribution in [3.63, 3.8) is 0 Å². The van der Waals surface area contributed by atoms with Crippen LogP contribution < -0.4 is 15.4 Å². The molecule has 2 aromatic carbocycles. The molecule has 29 heavy (non-hydrogen) atoms. The molecule has 8 heteroatoms. The monoisotopic (exact) mass is 402 g/mol. The van der Waals surface area contributed by atoms with Crippen molar-refractivity contribution in [2.24, 2.45) is 0 Å². The highest BCUT2D eigenvalue weighted by molar-refractivity contribution is 5.90. The van der Waals surface area contributed by atoms with Crippen LogP contribution in [0.2, 0.25) is 0 Å². The molecule has 0 saturated carbocycles. The third-order valence-corrected chi connectivity index (χ3v) is 4.28. The van der Waals surface area contributed by atoms with E-state index in [0.717, 1.165) is 0 Å². The minimum absolute atomic E-state index is 0.00836. The number of carboxylic acids is 1. The molecule has 0 bridgehead atoms. The quantitative estimate of drug-likeness (QED) is 0.592. The Morgan fingerprint density at radius 2 is 1.66 bits per heavy atom. The summed E-state index contributed by atoms with van der Waals surface area (Å²) in [4.78, 5) is 35.9. The van der Waals surface area contributed by atoms with Gasteiger partial charge in [-0.3, -0.25) is 9.59 Å². The lowest BCUT2D eigenvalue weighted by molar-refractivity contribution is -0.142. The second-order valence-corrected chi connectivity index (χ2v) is 6.50. The lowest BCUT2D eigenvalue weighted by atomic mass is 10.0. The molecule has 2 aromatic rings. The summed E-state index contributed by atoms with van der Waals surface area (Å²) >= 11 is 0. The lowest BCUT2D eigenvalue weighted by Crippen LogP contribution is -2.52. The lowest BCUT2D eigenvalue weighted by Gasteiger charge is -2.21. The predicted molar refractivity (Wildman–Crippen MR) is 104 cm³/mol. The molecule has 7 nitrogen and oxygen atoms in total. The standard InChI is InChI=1S/C21H23FN2O5/c1-13(25)23-17(11-14-7-9-16(22)10-8-14)20(26)24-18(21(27)28)12-15-5-3-4-6-19(15)29-2/h3-10,17-18H,11-12H2,1-2H3,(H,23,25)(H,24,26)(H,27,28)/t17-,18-/m1/s1. The molecule has 3 N–H and O–H groups in total. The molecule has 154 valence electrons. The number of nitrogens with one attached hydrogen (secondary N) is 2. The van der Waals surface area contributed by atoms with E-state index in [2.05, 4.69) is 10.6 Å². The van der Waals surface area contributed by atoms with Crippen LogP contribution in [0.3, 0.4) is 0 Å². The van der Waals surface area contributed by atoms with Crippen molar-refractivity contribution in [3.05, 3.63) is 65.5 Å². The van der Waals surface area contributed by atoms with Crippen LogP contribution >= 0.6 is 0 Å². The van der Waals surface area contributed by atoms with Crippen LogP contribution in [0.25, 0.3) is 0 Å². The third kappa shape index (κ3) is 6.60. The van der Waals surface area contributed by atoms with Gasteiger partial charge in [0.25, 0.3) is 0 Å². The summed E-state index contributed by atoms with van der Waals surface area (Å²) in [5.74, 6) is -2.21. The number of carboxylic acid groups (broad SMARTS) is 1. The number of ether oxygens (including phenoxy) is 1. The molecule has 0 fully saturated rings. The molecule has 0 aliphatic carbocycles. The van der Waals surface area contributed by atoms with Gasteiger partial charge < -0.3 is 20.5 Å². The van der Waals surface area contributed by atoms with E-state index in [0.29, 0.717) is 16.9 Å². The minimum Gasteiger partial charge on any atom is -0.496 e. The number of halogens is 1. The SMILES string of the molecule is COc1ccccc1C[C@@H](NC(=O)[C@@H](Cc1ccc(F)cc1)NC(C)=O)C(=O)O. The Labute approximate surface area is 167 Å². The number of carbonyl (C=O) groups excluding carboxylic acids is 2. The summed E-state index contributed by atoms with van der Waals surface area (Å²) in [7, 11) is 1.47. The largest absolute Gasteiger partial charge is 0.496 e. The van der Waals surface area contributed by atoms with E-state index >= 15 is 0 Å². The number of hydrogen-bond acceptors (Lipinski definition) is 4. The Hall–Kier alpha value is -3.42. The first kappa shape index (κ1) is 21.9. The molecule has 0 aliphatic heterocycles. The number of benzene rings is 2. The Balaban J connectivity index is 2.16. The van der Waals surface area contributed by atoms with Crippen LogP contribution in [-0.2, 0) is 27.2 Å². The zero-order chi connectivity index (χ0) is 21.4. The number of carbonyl (C=O) groups is 3. The van der Waals surface area contributed by atoms with Crippen molar-refractivity contribution in [1.29, 1.82) is 0 Å². The molecule has 2 rings (SSSR count). The average Bonchev–Trinajstić information content (AvgIpc) is 2.68. The molecular weight excluding hydrogens is 379 g/mol. The molecular formula is C21H23FN2O5. The van der Waals surface area contributed by atoms with E-state index in [1.54, 1.807) is 24.3 Å². The Morgan fingerprint density at radius 3 is 2.24 bits per heavy atom. The molecule has 0 saturated heterocycles. The number of rotatable bonds is 9. The molecule has 2 atom stereocenters. The molecule has 0 radical (unpaired) electrons. The van der Waals surface area contributed by atoms with Crippen molar-refractivity contribution in [1.82, 2.24) is 10.6 Å². The van der Waals surface area contributed by atoms with Crippen molar-refractivity contribution in [2.45, 2.75) is 31.8 Å². The summed E-state index contributed by atoms with van der Waals surface area (Å²) < 4.78 is 18.3. The highest BCUT2D eigenvalue weighted by atomic mass is 19.1. The molecule has 0 heterocycles. The van der Waals surface area contributed by atoms with Gasteiger partial charge in [0.1, 0.15) is 23.7 Å². The highest BCUT2D eigenvalue weighted by Crippen LogP contribution is 2.19. The fourth-order valence-corrected chi connectivity index (χ4v) is 2.87. The summed E-state index contributed by atoms with van der Waals surface area (Å²) in [6, 6.07) is 10.2. The zero-order valence-corrected chi connectivity index (χ0v) is 16.1. The van der Waals surface area contributed by atoms with Gasteiger partial charge in [-0.2, -0.15) is 0 Å². The second kappa shape index (κ2) is 10.2. The maximum atomic E-state index is 13.1. The molecule has 0 aliphatic rings. The van der Waals surface area contributed by atoms with Crippen LogP contribution in [0.5, 0.6) is 5.75 Å². The van der Waals surface area contributed by atoms with Crippen molar-refractivity contribution in [3.8, 4) is 5.75 Å². The van der Waals surface area contributed by atoms with Gasteiger partial charge in [0, 0.05) is 19.8 Å². The van der Waals surface area contributed by atoms with E-state index in [4.69, 9.17) is 4.74 Å². The summed E-state index contributed by atoms with van der Waals surface area (Å²) in [5, 5.41) is 14.5. The van der Waals surface area contributed by atoms with Crippen LogP contribution in [0.4, 0.5) is 4.39 Å². The molecule has 2 amide bonds. The van der Waals surface area contributed by atoms with Crippen molar-refractivity contribution in [2.75, 3.05) is 7.11 Å². The Kier molecular flexibility index (Phi) is 7.70. The number of hydrogen-bond donors (Lipinski definition) is 3. The van der Waals surface area contributed by atoms with E-state index in [1.165, 1.54) is 38.3 Å². The van der Waals surface area contributed by atoms with Crippen LogP contribution in [0.1, 0.15) is 18.1 Å². The van der Waals surface area contributed by atoms with E-state index < -0.39 is 35.7 Å². The second-order valence-electron chi connectivity index (χ2n) is 6.50. The third-order valence-electron chi connectivity index (χ3n) is 4.28.